The second kappa shape index (κ2) is 4.31. The maximum absolute atomic E-state index is 11.8. The van der Waals surface area contributed by atoms with Gasteiger partial charge in [0.1, 0.15) is 5.82 Å². The summed E-state index contributed by atoms with van der Waals surface area (Å²) in [6.45, 7) is 5.71. The number of nitrogens with zero attached hydrogens (tertiary/aromatic N) is 1. The molecule has 0 amide bonds. The van der Waals surface area contributed by atoms with Crippen molar-refractivity contribution in [1.82, 2.24) is 9.97 Å². The predicted molar refractivity (Wildman–Crippen MR) is 65.6 cm³/mol. The van der Waals surface area contributed by atoms with E-state index < -0.39 is 0 Å². The van der Waals surface area contributed by atoms with Crippen molar-refractivity contribution in [1.29, 1.82) is 0 Å². The lowest BCUT2D eigenvalue weighted by Gasteiger charge is -2.08. The average Bonchev–Trinajstić information content (AvgIpc) is 2.29. The fourth-order valence-corrected chi connectivity index (χ4v) is 1.70. The van der Waals surface area contributed by atoms with E-state index in [4.69, 9.17) is 0 Å². The number of benzene rings is 1. The molecule has 3 nitrogen and oxygen atoms in total. The molecule has 16 heavy (non-hydrogen) atoms. The molecule has 0 spiro atoms. The Labute approximate surface area is 93.8 Å². The molecule has 2 rings (SSSR count). The number of aromatic nitrogens is 2. The summed E-state index contributed by atoms with van der Waals surface area (Å²) in [5, 5.41) is 0.636. The van der Waals surface area contributed by atoms with Crippen LogP contribution in [0.25, 0.3) is 10.9 Å². The van der Waals surface area contributed by atoms with Gasteiger partial charge in [-0.1, -0.05) is 25.1 Å². The largest absolute Gasteiger partial charge is 0.310 e. The summed E-state index contributed by atoms with van der Waals surface area (Å²) in [4.78, 5) is 19.1. The van der Waals surface area contributed by atoms with Crippen LogP contribution in [0.4, 0.5) is 0 Å². The molecule has 0 aliphatic heterocycles. The van der Waals surface area contributed by atoms with Gasteiger partial charge in [-0.05, 0) is 18.6 Å². The van der Waals surface area contributed by atoms with Crippen molar-refractivity contribution in [2.24, 2.45) is 0 Å². The van der Waals surface area contributed by atoms with Crippen LogP contribution in [-0.4, -0.2) is 9.97 Å². The zero-order chi connectivity index (χ0) is 11.5. The number of para-hydroxylation sites is 1. The Bertz CT molecular complexity index is 571. The van der Waals surface area contributed by atoms with Crippen molar-refractivity contribution in [3.8, 4) is 0 Å². The number of fused-ring (bicyclic) bond motifs is 1. The molecule has 1 aromatic carbocycles. The molecular formula is C13H14N2O. The Morgan fingerprint density at radius 2 is 2.25 bits per heavy atom. The van der Waals surface area contributed by atoms with Crippen LogP contribution in [-0.2, 0) is 0 Å². The van der Waals surface area contributed by atoms with Gasteiger partial charge in [0, 0.05) is 5.92 Å². The second-order valence-electron chi connectivity index (χ2n) is 3.89. The normalized spacial score (nSPS) is 12.6. The van der Waals surface area contributed by atoms with Gasteiger partial charge >= 0.3 is 0 Å². The van der Waals surface area contributed by atoms with Gasteiger partial charge in [-0.25, -0.2) is 4.98 Å². The fraction of sp³-hybridized carbons (Fsp3) is 0.231. The minimum Gasteiger partial charge on any atom is -0.310 e. The van der Waals surface area contributed by atoms with Crippen LogP contribution in [0.2, 0.25) is 0 Å². The monoisotopic (exact) mass is 214 g/mol. The third-order valence-electron chi connectivity index (χ3n) is 2.62. The predicted octanol–water partition coefficient (Wildman–Crippen LogP) is 2.60. The summed E-state index contributed by atoms with van der Waals surface area (Å²) < 4.78 is 0. The van der Waals surface area contributed by atoms with Crippen LogP contribution >= 0.6 is 0 Å². The van der Waals surface area contributed by atoms with Crippen LogP contribution in [0.1, 0.15) is 25.1 Å². The molecule has 0 unspecified atom stereocenters. The van der Waals surface area contributed by atoms with E-state index in [0.29, 0.717) is 5.39 Å². The van der Waals surface area contributed by atoms with Crippen molar-refractivity contribution >= 4 is 10.9 Å². The van der Waals surface area contributed by atoms with Gasteiger partial charge in [0.2, 0.25) is 0 Å². The van der Waals surface area contributed by atoms with Crippen molar-refractivity contribution in [3.63, 3.8) is 0 Å². The quantitative estimate of drug-likeness (QED) is 0.798. The zero-order valence-electron chi connectivity index (χ0n) is 9.23. The van der Waals surface area contributed by atoms with Crippen LogP contribution in [0, 0.1) is 0 Å². The summed E-state index contributed by atoms with van der Waals surface area (Å²) >= 11 is 0. The number of hydrogen-bond acceptors (Lipinski definition) is 2. The van der Waals surface area contributed by atoms with E-state index in [-0.39, 0.29) is 11.5 Å². The molecule has 0 saturated carbocycles. The topological polar surface area (TPSA) is 45.8 Å². The number of allylic oxidation sites excluding steroid dienone is 1. The van der Waals surface area contributed by atoms with Gasteiger partial charge in [0.05, 0.1) is 10.9 Å². The van der Waals surface area contributed by atoms with Gasteiger partial charge in [-0.15, -0.1) is 6.58 Å². The summed E-state index contributed by atoms with van der Waals surface area (Å²) in [5.41, 5.74) is 0.675. The Morgan fingerprint density at radius 3 is 3.00 bits per heavy atom. The van der Waals surface area contributed by atoms with Crippen LogP contribution < -0.4 is 5.56 Å². The van der Waals surface area contributed by atoms with Gasteiger partial charge in [-0.2, -0.15) is 0 Å². The van der Waals surface area contributed by atoms with E-state index in [1.807, 2.05) is 31.2 Å². The Hall–Kier alpha value is -1.90. The Kier molecular flexibility index (Phi) is 2.86. The molecule has 1 heterocycles. The van der Waals surface area contributed by atoms with E-state index in [1.165, 1.54) is 0 Å². The number of H-pyrrole nitrogens is 1. The fourth-order valence-electron chi connectivity index (χ4n) is 1.70. The van der Waals surface area contributed by atoms with Crippen molar-refractivity contribution < 1.29 is 0 Å². The van der Waals surface area contributed by atoms with Crippen molar-refractivity contribution in [2.75, 3.05) is 0 Å². The van der Waals surface area contributed by atoms with E-state index >= 15 is 0 Å². The minimum atomic E-state index is -0.0727. The van der Waals surface area contributed by atoms with E-state index in [2.05, 4.69) is 16.5 Å². The van der Waals surface area contributed by atoms with E-state index in [9.17, 15) is 4.79 Å². The molecule has 1 N–H and O–H groups in total. The molecule has 0 radical (unpaired) electrons. The maximum atomic E-state index is 11.8. The third-order valence-corrected chi connectivity index (χ3v) is 2.62. The van der Waals surface area contributed by atoms with Crippen LogP contribution in [0.3, 0.4) is 0 Å². The maximum Gasteiger partial charge on any atom is 0.258 e. The summed E-state index contributed by atoms with van der Waals surface area (Å²) in [6.07, 6.45) is 2.64. The number of aromatic amines is 1. The van der Waals surface area contributed by atoms with Gasteiger partial charge in [0.15, 0.2) is 0 Å². The molecule has 1 atom stereocenters. The summed E-state index contributed by atoms with van der Waals surface area (Å²) in [6, 6.07) is 7.36. The smallest absolute Gasteiger partial charge is 0.258 e. The molecular weight excluding hydrogens is 200 g/mol. The van der Waals surface area contributed by atoms with Gasteiger partial charge < -0.3 is 4.98 Å². The first-order valence-electron chi connectivity index (χ1n) is 5.32. The number of rotatable bonds is 3. The van der Waals surface area contributed by atoms with E-state index in [0.717, 1.165) is 17.8 Å². The molecule has 0 bridgehead atoms. The zero-order valence-corrected chi connectivity index (χ0v) is 9.23. The average molecular weight is 214 g/mol. The van der Waals surface area contributed by atoms with E-state index in [1.54, 1.807) is 6.07 Å². The van der Waals surface area contributed by atoms with Crippen molar-refractivity contribution in [2.45, 2.75) is 19.3 Å². The lowest BCUT2D eigenvalue weighted by atomic mass is 10.1. The molecule has 2 aromatic rings. The molecule has 0 fully saturated rings. The Balaban J connectivity index is 2.58. The Morgan fingerprint density at radius 1 is 1.50 bits per heavy atom. The van der Waals surface area contributed by atoms with Crippen LogP contribution in [0.15, 0.2) is 41.7 Å². The highest BCUT2D eigenvalue weighted by atomic mass is 16.1. The molecule has 1 aromatic heterocycles. The summed E-state index contributed by atoms with van der Waals surface area (Å²) in [5.74, 6) is 0.915. The number of nitrogens with one attached hydrogen (secondary N) is 1. The highest BCUT2D eigenvalue weighted by Crippen LogP contribution is 2.15. The molecule has 0 aliphatic rings. The highest BCUT2D eigenvalue weighted by molar-refractivity contribution is 5.77. The van der Waals surface area contributed by atoms with Gasteiger partial charge in [0.25, 0.3) is 5.56 Å². The second-order valence-corrected chi connectivity index (χ2v) is 3.89. The standard InChI is InChI=1S/C13H14N2O/c1-3-6-9(2)12-14-11-8-5-4-7-10(11)13(16)15-12/h3-5,7-9H,1,6H2,2H3,(H,14,15,16)/t9-/m0/s1. The molecule has 0 saturated heterocycles. The molecule has 82 valence electrons. The first kappa shape index (κ1) is 10.6. The summed E-state index contributed by atoms with van der Waals surface area (Å²) in [7, 11) is 0. The van der Waals surface area contributed by atoms with Crippen molar-refractivity contribution in [3.05, 3.63) is 53.1 Å². The molecule has 3 heteroatoms. The SMILES string of the molecule is C=CC[C@H](C)c1nc2ccccc2c(=O)[nH]1. The lowest BCUT2D eigenvalue weighted by Crippen LogP contribution is -2.13. The molecule has 0 aliphatic carbocycles. The third kappa shape index (κ3) is 1.89. The highest BCUT2D eigenvalue weighted by Gasteiger charge is 2.08. The van der Waals surface area contributed by atoms with Gasteiger partial charge in [-0.3, -0.25) is 4.79 Å². The number of hydrogen-bond donors (Lipinski definition) is 1. The van der Waals surface area contributed by atoms with Crippen LogP contribution in [0.5, 0.6) is 0 Å². The minimum absolute atomic E-state index is 0.0727. The lowest BCUT2D eigenvalue weighted by molar-refractivity contribution is 0.716. The first-order valence-corrected chi connectivity index (χ1v) is 5.32. The first-order chi connectivity index (χ1) is 7.72.